The summed E-state index contributed by atoms with van der Waals surface area (Å²) in [6.45, 7) is 2.47. The molecule has 0 aliphatic carbocycles. The molecule has 1 aliphatic heterocycles. The van der Waals surface area contributed by atoms with Crippen molar-refractivity contribution in [2.24, 2.45) is 5.92 Å². The first-order valence-corrected chi connectivity index (χ1v) is 8.21. The number of hydrogen-bond acceptors (Lipinski definition) is 4. The Labute approximate surface area is 152 Å². The standard InChI is InChI=1S/C17H20ClN3O2.ClH/c1-19-10-12-4-3-7-21(11-12)17(22)15-9-16(23-20-15)13-5-2-6-14(18)8-13;/h2,5-6,8-9,12,19H,3-4,7,10-11H2,1H3;1H. The van der Waals surface area contributed by atoms with E-state index >= 15 is 0 Å². The van der Waals surface area contributed by atoms with E-state index in [1.165, 1.54) is 0 Å². The summed E-state index contributed by atoms with van der Waals surface area (Å²) in [5.41, 5.74) is 1.17. The Bertz CT molecular complexity index is 688. The lowest BCUT2D eigenvalue weighted by molar-refractivity contribution is 0.0664. The molecule has 130 valence electrons. The molecule has 1 saturated heterocycles. The van der Waals surface area contributed by atoms with E-state index in [9.17, 15) is 4.79 Å². The summed E-state index contributed by atoms with van der Waals surface area (Å²) in [6.07, 6.45) is 2.17. The molecule has 1 amide bonds. The second kappa shape index (κ2) is 8.51. The van der Waals surface area contributed by atoms with Crippen LogP contribution in [-0.2, 0) is 0 Å². The van der Waals surface area contributed by atoms with Gasteiger partial charge in [0, 0.05) is 29.7 Å². The molecular weight excluding hydrogens is 349 g/mol. The predicted octanol–water partition coefficient (Wildman–Crippen LogP) is 3.49. The SMILES string of the molecule is CNCC1CCCN(C(=O)c2cc(-c3cccc(Cl)c3)on2)C1.Cl. The highest BCUT2D eigenvalue weighted by atomic mass is 35.5. The minimum Gasteiger partial charge on any atom is -0.355 e. The molecule has 2 aromatic rings. The maximum absolute atomic E-state index is 12.6. The zero-order valence-corrected chi connectivity index (χ0v) is 15.1. The molecule has 1 aromatic carbocycles. The monoisotopic (exact) mass is 369 g/mol. The van der Waals surface area contributed by atoms with Crippen LogP contribution in [0.3, 0.4) is 0 Å². The molecule has 7 heteroatoms. The molecule has 5 nitrogen and oxygen atoms in total. The Morgan fingerprint density at radius 3 is 3.04 bits per heavy atom. The Balaban J connectivity index is 0.00000208. The fraction of sp³-hybridized carbons (Fsp3) is 0.412. The van der Waals surface area contributed by atoms with Gasteiger partial charge in [-0.15, -0.1) is 12.4 Å². The van der Waals surface area contributed by atoms with Gasteiger partial charge in [0.1, 0.15) is 0 Å². The zero-order valence-electron chi connectivity index (χ0n) is 13.5. The van der Waals surface area contributed by atoms with Gasteiger partial charge >= 0.3 is 0 Å². The van der Waals surface area contributed by atoms with E-state index in [0.717, 1.165) is 38.0 Å². The van der Waals surface area contributed by atoms with E-state index in [2.05, 4.69) is 10.5 Å². The Morgan fingerprint density at radius 2 is 2.29 bits per heavy atom. The minimum absolute atomic E-state index is 0. The third-order valence-corrected chi connectivity index (χ3v) is 4.37. The van der Waals surface area contributed by atoms with Gasteiger partial charge in [-0.2, -0.15) is 0 Å². The average molecular weight is 370 g/mol. The highest BCUT2D eigenvalue weighted by molar-refractivity contribution is 6.30. The predicted molar refractivity (Wildman–Crippen MR) is 96.8 cm³/mol. The number of aromatic nitrogens is 1. The Kier molecular flexibility index (Phi) is 6.66. The van der Waals surface area contributed by atoms with Crippen molar-refractivity contribution in [3.8, 4) is 11.3 Å². The Morgan fingerprint density at radius 1 is 1.46 bits per heavy atom. The van der Waals surface area contributed by atoms with E-state index in [1.807, 2.05) is 24.1 Å². The smallest absolute Gasteiger partial charge is 0.276 e. The number of carbonyl (C=O) groups is 1. The number of benzene rings is 1. The highest BCUT2D eigenvalue weighted by Crippen LogP contribution is 2.25. The number of rotatable bonds is 4. The van der Waals surface area contributed by atoms with Gasteiger partial charge in [0.2, 0.25) is 0 Å². The van der Waals surface area contributed by atoms with E-state index in [4.69, 9.17) is 16.1 Å². The van der Waals surface area contributed by atoms with E-state index < -0.39 is 0 Å². The van der Waals surface area contributed by atoms with Crippen LogP contribution in [0.25, 0.3) is 11.3 Å². The van der Waals surface area contributed by atoms with Crippen LogP contribution in [-0.4, -0.2) is 42.6 Å². The highest BCUT2D eigenvalue weighted by Gasteiger charge is 2.26. The van der Waals surface area contributed by atoms with Crippen molar-refractivity contribution in [2.75, 3.05) is 26.7 Å². The van der Waals surface area contributed by atoms with Crippen LogP contribution in [0.4, 0.5) is 0 Å². The van der Waals surface area contributed by atoms with Gasteiger partial charge in [-0.3, -0.25) is 4.79 Å². The molecule has 24 heavy (non-hydrogen) atoms. The van der Waals surface area contributed by atoms with Crippen molar-refractivity contribution in [3.63, 3.8) is 0 Å². The summed E-state index contributed by atoms with van der Waals surface area (Å²) in [7, 11) is 1.94. The van der Waals surface area contributed by atoms with Crippen LogP contribution in [0.2, 0.25) is 5.02 Å². The lowest BCUT2D eigenvalue weighted by Gasteiger charge is -2.32. The molecule has 1 fully saturated rings. The summed E-state index contributed by atoms with van der Waals surface area (Å²) in [5, 5.41) is 7.75. The van der Waals surface area contributed by atoms with E-state index in [1.54, 1.807) is 18.2 Å². The van der Waals surface area contributed by atoms with Crippen molar-refractivity contribution in [1.82, 2.24) is 15.4 Å². The fourth-order valence-corrected chi connectivity index (χ4v) is 3.21. The molecule has 2 heterocycles. The van der Waals surface area contributed by atoms with Crippen LogP contribution in [0, 0.1) is 5.92 Å². The molecule has 1 aliphatic rings. The van der Waals surface area contributed by atoms with Crippen LogP contribution in [0.1, 0.15) is 23.3 Å². The van der Waals surface area contributed by atoms with Crippen molar-refractivity contribution < 1.29 is 9.32 Å². The van der Waals surface area contributed by atoms with Gasteiger partial charge in [0.05, 0.1) is 0 Å². The lowest BCUT2D eigenvalue weighted by atomic mass is 9.98. The minimum atomic E-state index is -0.0668. The summed E-state index contributed by atoms with van der Waals surface area (Å²) >= 11 is 5.99. The molecule has 0 spiro atoms. The topological polar surface area (TPSA) is 58.4 Å². The molecule has 1 aromatic heterocycles. The zero-order chi connectivity index (χ0) is 16.2. The first kappa shape index (κ1) is 18.8. The van der Waals surface area contributed by atoms with Gasteiger partial charge in [-0.05, 0) is 44.5 Å². The van der Waals surface area contributed by atoms with Crippen molar-refractivity contribution in [1.29, 1.82) is 0 Å². The molecular formula is C17H21Cl2N3O2. The summed E-state index contributed by atoms with van der Waals surface area (Å²) in [5.74, 6) is 0.986. The van der Waals surface area contributed by atoms with Crippen LogP contribution in [0.5, 0.6) is 0 Å². The molecule has 0 saturated carbocycles. The maximum atomic E-state index is 12.6. The number of amides is 1. The first-order chi connectivity index (χ1) is 11.2. The number of nitrogens with zero attached hydrogens (tertiary/aromatic N) is 2. The van der Waals surface area contributed by atoms with E-state index in [0.29, 0.717) is 22.4 Å². The molecule has 0 bridgehead atoms. The second-order valence-electron chi connectivity index (χ2n) is 5.90. The molecule has 1 N–H and O–H groups in total. The van der Waals surface area contributed by atoms with Gasteiger partial charge in [0.15, 0.2) is 11.5 Å². The summed E-state index contributed by atoms with van der Waals surface area (Å²) < 4.78 is 5.32. The van der Waals surface area contributed by atoms with Crippen LogP contribution >= 0.6 is 24.0 Å². The van der Waals surface area contributed by atoms with Crippen molar-refractivity contribution >= 4 is 29.9 Å². The van der Waals surface area contributed by atoms with Gasteiger partial charge in [-0.25, -0.2) is 0 Å². The largest absolute Gasteiger partial charge is 0.355 e. The van der Waals surface area contributed by atoms with Crippen LogP contribution in [0.15, 0.2) is 34.9 Å². The van der Waals surface area contributed by atoms with Gasteiger partial charge < -0.3 is 14.7 Å². The number of piperidine rings is 1. The summed E-state index contributed by atoms with van der Waals surface area (Å²) in [4.78, 5) is 14.5. The van der Waals surface area contributed by atoms with E-state index in [-0.39, 0.29) is 18.3 Å². The Hall–Kier alpha value is -1.56. The van der Waals surface area contributed by atoms with Gasteiger partial charge in [0.25, 0.3) is 5.91 Å². The number of nitrogens with one attached hydrogen (secondary N) is 1. The van der Waals surface area contributed by atoms with Crippen LogP contribution < -0.4 is 5.32 Å². The van der Waals surface area contributed by atoms with Crippen molar-refractivity contribution in [3.05, 3.63) is 41.0 Å². The molecule has 1 unspecified atom stereocenters. The third kappa shape index (κ3) is 4.29. The first-order valence-electron chi connectivity index (χ1n) is 7.84. The number of halogens is 2. The molecule has 3 rings (SSSR count). The normalized spacial score (nSPS) is 17.4. The fourth-order valence-electron chi connectivity index (χ4n) is 3.02. The third-order valence-electron chi connectivity index (χ3n) is 4.14. The molecule has 1 atom stereocenters. The summed E-state index contributed by atoms with van der Waals surface area (Å²) in [6, 6.07) is 9.00. The maximum Gasteiger partial charge on any atom is 0.276 e. The lowest BCUT2D eigenvalue weighted by Crippen LogP contribution is -2.42. The number of likely N-dealkylation sites (tertiary alicyclic amines) is 1. The van der Waals surface area contributed by atoms with Crippen molar-refractivity contribution in [2.45, 2.75) is 12.8 Å². The quantitative estimate of drug-likeness (QED) is 0.895. The molecule has 0 radical (unpaired) electrons. The van der Waals surface area contributed by atoms with Gasteiger partial charge in [-0.1, -0.05) is 28.9 Å². The number of hydrogen-bond donors (Lipinski definition) is 1. The average Bonchev–Trinajstić information content (AvgIpc) is 3.05. The number of carbonyl (C=O) groups excluding carboxylic acids is 1. The second-order valence-corrected chi connectivity index (χ2v) is 6.34.